The van der Waals surface area contributed by atoms with Gasteiger partial charge in [-0.3, -0.25) is 10.1 Å². The molecule has 2 N–H and O–H groups in total. The molecule has 0 heterocycles. The van der Waals surface area contributed by atoms with Gasteiger partial charge in [-0.25, -0.2) is 4.79 Å². The Labute approximate surface area is 117 Å². The zero-order valence-corrected chi connectivity index (χ0v) is 11.2. The second-order valence-electron chi connectivity index (χ2n) is 5.20. The minimum atomic E-state index is -1.09. The van der Waals surface area contributed by atoms with Crippen molar-refractivity contribution in [3.05, 3.63) is 34.4 Å². The average Bonchev–Trinajstić information content (AvgIpc) is 2.66. The van der Waals surface area contributed by atoms with E-state index in [0.717, 1.165) is 25.7 Å². The maximum absolute atomic E-state index is 11.7. The number of nitro benzene ring substituents is 1. The minimum absolute atomic E-state index is 0.0858. The van der Waals surface area contributed by atoms with Gasteiger partial charge in [0.1, 0.15) is 11.2 Å². The molecule has 1 aliphatic rings. The van der Waals surface area contributed by atoms with Crippen LogP contribution in [0.2, 0.25) is 0 Å². The Bertz CT molecular complexity index is 508. The van der Waals surface area contributed by atoms with E-state index in [1.165, 1.54) is 6.07 Å². The number of hydrogen-bond donors (Lipinski definition) is 2. The van der Waals surface area contributed by atoms with Crippen LogP contribution in [0.3, 0.4) is 0 Å². The lowest BCUT2D eigenvalue weighted by atomic mass is 9.89. The zero-order valence-electron chi connectivity index (χ0n) is 11.2. The highest BCUT2D eigenvalue weighted by Gasteiger charge is 2.39. The summed E-state index contributed by atoms with van der Waals surface area (Å²) in [7, 11) is 0. The molecule has 6 heteroatoms. The Morgan fingerprint density at radius 1 is 1.20 bits per heavy atom. The molecule has 6 nitrogen and oxygen atoms in total. The molecule has 1 aromatic rings. The fraction of sp³-hybridized carbons (Fsp3) is 0.500. The van der Waals surface area contributed by atoms with Crippen LogP contribution in [0.4, 0.5) is 11.4 Å². The number of para-hydroxylation sites is 2. The number of nitrogens with one attached hydrogen (secondary N) is 1. The van der Waals surface area contributed by atoms with Gasteiger partial charge < -0.3 is 10.4 Å². The molecule has 1 aromatic carbocycles. The molecule has 0 atom stereocenters. The maximum Gasteiger partial charge on any atom is 0.329 e. The molecule has 2 rings (SSSR count). The summed E-state index contributed by atoms with van der Waals surface area (Å²) >= 11 is 0. The summed E-state index contributed by atoms with van der Waals surface area (Å²) in [6, 6.07) is 6.19. The largest absolute Gasteiger partial charge is 0.480 e. The highest BCUT2D eigenvalue weighted by atomic mass is 16.6. The minimum Gasteiger partial charge on any atom is -0.480 e. The molecule has 108 valence electrons. The number of benzene rings is 1. The Balaban J connectivity index is 2.33. The number of hydrogen-bond acceptors (Lipinski definition) is 4. The van der Waals surface area contributed by atoms with Crippen LogP contribution in [0, 0.1) is 10.1 Å². The lowest BCUT2D eigenvalue weighted by Gasteiger charge is -2.30. The van der Waals surface area contributed by atoms with E-state index < -0.39 is 16.4 Å². The molecular formula is C14H18N2O4. The third kappa shape index (κ3) is 2.89. The standard InChI is InChI=1S/C14H18N2O4/c17-13(18)14(9-5-1-2-6-10-14)15-11-7-3-4-8-12(11)16(19)20/h3-4,7-8,15H,1-2,5-6,9-10H2,(H,17,18). The van der Waals surface area contributed by atoms with Gasteiger partial charge in [0.25, 0.3) is 5.69 Å². The highest BCUT2D eigenvalue weighted by Crippen LogP contribution is 2.34. The Morgan fingerprint density at radius 2 is 1.80 bits per heavy atom. The first-order valence-corrected chi connectivity index (χ1v) is 6.80. The second-order valence-corrected chi connectivity index (χ2v) is 5.20. The first kappa shape index (κ1) is 14.3. The SMILES string of the molecule is O=C(O)C1(Nc2ccccc2[N+](=O)[O-])CCCCCC1. The van der Waals surface area contributed by atoms with Gasteiger partial charge in [0.2, 0.25) is 0 Å². The maximum atomic E-state index is 11.7. The molecule has 1 saturated carbocycles. The quantitative estimate of drug-likeness (QED) is 0.501. The summed E-state index contributed by atoms with van der Waals surface area (Å²) < 4.78 is 0. The van der Waals surface area contributed by atoms with E-state index in [2.05, 4.69) is 5.32 Å². The van der Waals surface area contributed by atoms with Crippen molar-refractivity contribution in [1.29, 1.82) is 0 Å². The molecule has 0 spiro atoms. The third-order valence-corrected chi connectivity index (χ3v) is 3.84. The molecule has 20 heavy (non-hydrogen) atoms. The Kier molecular flexibility index (Phi) is 4.22. The van der Waals surface area contributed by atoms with Crippen molar-refractivity contribution < 1.29 is 14.8 Å². The Hall–Kier alpha value is -2.11. The van der Waals surface area contributed by atoms with Gasteiger partial charge in [-0.05, 0) is 18.9 Å². The number of nitro groups is 1. The van der Waals surface area contributed by atoms with E-state index in [1.54, 1.807) is 18.2 Å². The van der Waals surface area contributed by atoms with Crippen molar-refractivity contribution in [2.75, 3.05) is 5.32 Å². The van der Waals surface area contributed by atoms with Crippen LogP contribution in [-0.4, -0.2) is 21.5 Å². The molecule has 1 fully saturated rings. The molecule has 0 radical (unpaired) electrons. The van der Waals surface area contributed by atoms with Crippen LogP contribution in [0.25, 0.3) is 0 Å². The van der Waals surface area contributed by atoms with E-state index in [0.29, 0.717) is 12.8 Å². The summed E-state index contributed by atoms with van der Waals surface area (Å²) in [6.07, 6.45) is 4.64. The molecule has 0 amide bonds. The molecular weight excluding hydrogens is 260 g/mol. The number of aliphatic carboxylic acids is 1. The van der Waals surface area contributed by atoms with Gasteiger partial charge in [-0.2, -0.15) is 0 Å². The molecule has 0 saturated heterocycles. The predicted molar refractivity (Wildman–Crippen MR) is 74.8 cm³/mol. The second kappa shape index (κ2) is 5.90. The van der Waals surface area contributed by atoms with Crippen LogP contribution in [0.1, 0.15) is 38.5 Å². The van der Waals surface area contributed by atoms with E-state index >= 15 is 0 Å². The number of carboxylic acids is 1. The van der Waals surface area contributed by atoms with Gasteiger partial charge >= 0.3 is 5.97 Å². The predicted octanol–water partition coefficient (Wildman–Crippen LogP) is 3.18. The van der Waals surface area contributed by atoms with Gasteiger partial charge in [-0.15, -0.1) is 0 Å². The number of carbonyl (C=O) groups is 1. The van der Waals surface area contributed by atoms with Crippen LogP contribution >= 0.6 is 0 Å². The van der Waals surface area contributed by atoms with E-state index in [4.69, 9.17) is 0 Å². The Morgan fingerprint density at radius 3 is 2.35 bits per heavy atom. The van der Waals surface area contributed by atoms with E-state index in [-0.39, 0.29) is 11.4 Å². The summed E-state index contributed by atoms with van der Waals surface area (Å²) in [4.78, 5) is 22.2. The fourth-order valence-electron chi connectivity index (χ4n) is 2.72. The topological polar surface area (TPSA) is 92.5 Å². The van der Waals surface area contributed by atoms with Crippen molar-refractivity contribution >= 4 is 17.3 Å². The average molecular weight is 278 g/mol. The van der Waals surface area contributed by atoms with Crippen molar-refractivity contribution in [2.45, 2.75) is 44.1 Å². The highest BCUT2D eigenvalue weighted by molar-refractivity contribution is 5.84. The first-order valence-electron chi connectivity index (χ1n) is 6.80. The number of rotatable bonds is 4. The van der Waals surface area contributed by atoms with Gasteiger partial charge in [0, 0.05) is 6.07 Å². The summed E-state index contributed by atoms with van der Waals surface area (Å²) in [5.74, 6) is -0.933. The van der Waals surface area contributed by atoms with E-state index in [1.807, 2.05) is 0 Å². The summed E-state index contributed by atoms with van der Waals surface area (Å²) in [6.45, 7) is 0. The van der Waals surface area contributed by atoms with Crippen molar-refractivity contribution in [3.63, 3.8) is 0 Å². The third-order valence-electron chi connectivity index (χ3n) is 3.84. The van der Waals surface area contributed by atoms with Gasteiger partial charge in [-0.1, -0.05) is 37.8 Å². The number of nitrogens with zero attached hydrogens (tertiary/aromatic N) is 1. The van der Waals surface area contributed by atoms with Crippen molar-refractivity contribution in [1.82, 2.24) is 0 Å². The van der Waals surface area contributed by atoms with Crippen LogP contribution in [0.5, 0.6) is 0 Å². The van der Waals surface area contributed by atoms with Gasteiger partial charge in [0.05, 0.1) is 4.92 Å². The summed E-state index contributed by atoms with van der Waals surface area (Å²) in [5.41, 5.74) is -0.901. The normalized spacial score (nSPS) is 18.0. The molecule has 0 aliphatic heterocycles. The van der Waals surface area contributed by atoms with Crippen LogP contribution in [0.15, 0.2) is 24.3 Å². The van der Waals surface area contributed by atoms with Gasteiger partial charge in [0.15, 0.2) is 0 Å². The molecule has 0 aromatic heterocycles. The first-order chi connectivity index (χ1) is 9.55. The lowest BCUT2D eigenvalue weighted by molar-refractivity contribution is -0.384. The van der Waals surface area contributed by atoms with Crippen LogP contribution < -0.4 is 5.32 Å². The zero-order chi connectivity index (χ0) is 14.6. The molecule has 0 bridgehead atoms. The lowest BCUT2D eigenvalue weighted by Crippen LogP contribution is -2.46. The van der Waals surface area contributed by atoms with Crippen LogP contribution in [-0.2, 0) is 4.79 Å². The number of carboxylic acid groups (broad SMARTS) is 1. The smallest absolute Gasteiger partial charge is 0.329 e. The summed E-state index contributed by atoms with van der Waals surface area (Å²) in [5, 5.41) is 23.5. The molecule has 0 unspecified atom stereocenters. The number of anilines is 1. The monoisotopic (exact) mass is 278 g/mol. The van der Waals surface area contributed by atoms with Crippen molar-refractivity contribution in [2.24, 2.45) is 0 Å². The van der Waals surface area contributed by atoms with Crippen molar-refractivity contribution in [3.8, 4) is 0 Å². The fourth-order valence-corrected chi connectivity index (χ4v) is 2.72. The molecule has 1 aliphatic carbocycles. The van der Waals surface area contributed by atoms with E-state index in [9.17, 15) is 20.0 Å².